The van der Waals surface area contributed by atoms with E-state index < -0.39 is 33.2 Å². The molecule has 1 saturated heterocycles. The summed E-state index contributed by atoms with van der Waals surface area (Å²) in [5.74, 6) is -0.409. The minimum atomic E-state index is -3.27. The van der Waals surface area contributed by atoms with E-state index in [4.69, 9.17) is 9.72 Å². The number of aliphatic carboxylic acids is 1. The van der Waals surface area contributed by atoms with Crippen molar-refractivity contribution >= 4 is 44.0 Å². The molecule has 1 atom stereocenters. The molecule has 0 unspecified atom stereocenters. The number of aromatic nitrogens is 1. The number of nitrogens with one attached hydrogen (secondary N) is 1. The zero-order valence-corrected chi connectivity index (χ0v) is 25.8. The minimum absolute atomic E-state index is 0.0893. The standard InChI is InChI=1S/C31H39N3O6S2/c1-20(2)42(38,39)34-12-9-24(10-13-34)40-25-8-7-23-17-28(32-27(26(23)18-25)15-21-5-3-4-6-21)30(35)33-29(31(36)37)16-22-11-14-41-19-22/h7-8,11,14,17-21,24,29H,3-6,9-10,12-13,15-16H2,1-2H3,(H,33,35)(H,36,37)/t29-/m1/s1. The highest BCUT2D eigenvalue weighted by atomic mass is 32.2. The zero-order chi connectivity index (χ0) is 29.9. The van der Waals surface area contributed by atoms with Crippen molar-refractivity contribution in [3.8, 4) is 5.75 Å². The Morgan fingerprint density at radius 2 is 1.86 bits per heavy atom. The molecule has 3 aromatic rings. The van der Waals surface area contributed by atoms with Crippen molar-refractivity contribution in [2.75, 3.05) is 13.1 Å². The Kier molecular flexibility index (Phi) is 9.49. The molecule has 1 saturated carbocycles. The minimum Gasteiger partial charge on any atom is -0.490 e. The lowest BCUT2D eigenvalue weighted by Crippen LogP contribution is -2.44. The van der Waals surface area contributed by atoms with E-state index in [1.165, 1.54) is 24.2 Å². The van der Waals surface area contributed by atoms with E-state index in [0.717, 1.165) is 41.3 Å². The van der Waals surface area contributed by atoms with Crippen LogP contribution in [-0.2, 0) is 27.7 Å². The second-order valence-electron chi connectivity index (χ2n) is 11.7. The number of nitrogens with zero attached hydrogens (tertiary/aromatic N) is 2. The summed E-state index contributed by atoms with van der Waals surface area (Å²) in [5, 5.41) is 17.5. The van der Waals surface area contributed by atoms with E-state index in [9.17, 15) is 23.1 Å². The van der Waals surface area contributed by atoms with E-state index in [0.29, 0.717) is 37.6 Å². The number of benzene rings is 1. The SMILES string of the molecule is CC(C)S(=O)(=O)N1CCC(Oc2ccc3cc(C(=O)N[C@H](Cc4ccsc4)C(=O)O)nc(CC4CCCC4)c3c2)CC1. The van der Waals surface area contributed by atoms with Crippen LogP contribution in [0, 0.1) is 5.92 Å². The smallest absolute Gasteiger partial charge is 0.326 e. The summed E-state index contributed by atoms with van der Waals surface area (Å²) >= 11 is 1.49. The highest BCUT2D eigenvalue weighted by Crippen LogP contribution is 2.32. The molecule has 0 spiro atoms. The molecular weight excluding hydrogens is 574 g/mol. The van der Waals surface area contributed by atoms with Gasteiger partial charge in [-0.25, -0.2) is 22.5 Å². The van der Waals surface area contributed by atoms with Gasteiger partial charge in [0.2, 0.25) is 10.0 Å². The maximum absolute atomic E-state index is 13.3. The molecule has 2 fully saturated rings. The van der Waals surface area contributed by atoms with Crippen molar-refractivity contribution in [1.82, 2.24) is 14.6 Å². The Morgan fingerprint density at radius 1 is 1.12 bits per heavy atom. The average Bonchev–Trinajstić information content (AvgIpc) is 3.67. The van der Waals surface area contributed by atoms with Crippen molar-refractivity contribution in [3.63, 3.8) is 0 Å². The summed E-state index contributed by atoms with van der Waals surface area (Å²) in [7, 11) is -3.27. The zero-order valence-electron chi connectivity index (χ0n) is 24.1. The van der Waals surface area contributed by atoms with Gasteiger partial charge in [-0.05, 0) is 85.0 Å². The first-order chi connectivity index (χ1) is 20.1. The number of amides is 1. The number of carboxylic acids is 1. The number of hydrogen-bond acceptors (Lipinski definition) is 7. The molecule has 0 bridgehead atoms. The van der Waals surface area contributed by atoms with Crippen LogP contribution in [-0.4, -0.2) is 65.2 Å². The van der Waals surface area contributed by atoms with Gasteiger partial charge < -0.3 is 15.2 Å². The number of sulfonamides is 1. The molecule has 42 heavy (non-hydrogen) atoms. The third-order valence-electron chi connectivity index (χ3n) is 8.36. The molecule has 1 amide bonds. The Balaban J connectivity index is 1.35. The summed E-state index contributed by atoms with van der Waals surface area (Å²) in [6, 6.07) is 8.28. The van der Waals surface area contributed by atoms with Gasteiger partial charge in [-0.2, -0.15) is 11.3 Å². The van der Waals surface area contributed by atoms with E-state index >= 15 is 0 Å². The highest BCUT2D eigenvalue weighted by molar-refractivity contribution is 7.89. The molecule has 226 valence electrons. The Hall–Kier alpha value is -3.02. The lowest BCUT2D eigenvalue weighted by atomic mass is 9.97. The van der Waals surface area contributed by atoms with E-state index in [-0.39, 0.29) is 18.2 Å². The molecule has 1 aromatic carbocycles. The molecule has 11 heteroatoms. The molecule has 2 aliphatic rings. The van der Waals surface area contributed by atoms with Crippen LogP contribution >= 0.6 is 11.3 Å². The Labute approximate surface area is 251 Å². The number of pyridine rings is 1. The van der Waals surface area contributed by atoms with Crippen LogP contribution in [0.1, 0.15) is 74.1 Å². The number of carboxylic acid groups (broad SMARTS) is 1. The van der Waals surface area contributed by atoms with Crippen LogP contribution in [0.5, 0.6) is 5.75 Å². The average molecular weight is 614 g/mol. The fraction of sp³-hybridized carbons (Fsp3) is 0.516. The summed E-state index contributed by atoms with van der Waals surface area (Å²) in [5.41, 5.74) is 1.89. The number of rotatable bonds is 11. The molecule has 0 radical (unpaired) electrons. The normalized spacial score (nSPS) is 18.0. The van der Waals surface area contributed by atoms with E-state index in [1.807, 2.05) is 35.0 Å². The highest BCUT2D eigenvalue weighted by Gasteiger charge is 2.31. The summed E-state index contributed by atoms with van der Waals surface area (Å²) < 4.78 is 33.0. The predicted octanol–water partition coefficient (Wildman–Crippen LogP) is 5.04. The third kappa shape index (κ3) is 7.12. The van der Waals surface area contributed by atoms with Crippen molar-refractivity contribution in [1.29, 1.82) is 0 Å². The molecule has 5 rings (SSSR count). The number of carbonyl (C=O) groups is 2. The number of thiophene rings is 1. The van der Waals surface area contributed by atoms with Crippen LogP contribution in [0.15, 0.2) is 41.1 Å². The van der Waals surface area contributed by atoms with Gasteiger partial charge in [-0.3, -0.25) is 4.79 Å². The third-order valence-corrected chi connectivity index (χ3v) is 11.4. The molecule has 9 nitrogen and oxygen atoms in total. The molecule has 2 aromatic heterocycles. The first-order valence-corrected chi connectivity index (χ1v) is 17.2. The number of ether oxygens (including phenoxy) is 1. The van der Waals surface area contributed by atoms with Gasteiger partial charge in [0, 0.05) is 30.6 Å². The first kappa shape index (κ1) is 30.4. The van der Waals surface area contributed by atoms with E-state index in [2.05, 4.69) is 5.32 Å². The molecule has 2 N–H and O–H groups in total. The van der Waals surface area contributed by atoms with Crippen molar-refractivity contribution in [3.05, 3.63) is 58.0 Å². The summed E-state index contributed by atoms with van der Waals surface area (Å²) in [4.78, 5) is 30.0. The van der Waals surface area contributed by atoms with Gasteiger partial charge in [0.05, 0.1) is 5.25 Å². The molecular formula is C31H39N3O6S2. The maximum atomic E-state index is 13.3. The van der Waals surface area contributed by atoms with Crippen LogP contribution in [0.25, 0.3) is 10.8 Å². The van der Waals surface area contributed by atoms with Gasteiger partial charge in [-0.1, -0.05) is 31.7 Å². The van der Waals surface area contributed by atoms with Crippen LogP contribution < -0.4 is 10.1 Å². The van der Waals surface area contributed by atoms with Crippen molar-refractivity contribution in [2.24, 2.45) is 5.92 Å². The van der Waals surface area contributed by atoms with Gasteiger partial charge in [0.1, 0.15) is 23.6 Å². The Morgan fingerprint density at radius 3 is 2.50 bits per heavy atom. The fourth-order valence-electron chi connectivity index (χ4n) is 5.90. The predicted molar refractivity (Wildman–Crippen MR) is 164 cm³/mol. The number of carbonyl (C=O) groups excluding carboxylic acids is 1. The van der Waals surface area contributed by atoms with Crippen LogP contribution in [0.4, 0.5) is 0 Å². The van der Waals surface area contributed by atoms with Crippen LogP contribution in [0.3, 0.4) is 0 Å². The second kappa shape index (κ2) is 13.1. The van der Waals surface area contributed by atoms with Gasteiger partial charge >= 0.3 is 5.97 Å². The maximum Gasteiger partial charge on any atom is 0.326 e. The largest absolute Gasteiger partial charge is 0.490 e. The van der Waals surface area contributed by atoms with Gasteiger partial charge in [-0.15, -0.1) is 0 Å². The number of hydrogen-bond donors (Lipinski definition) is 2. The van der Waals surface area contributed by atoms with Crippen molar-refractivity contribution < 1.29 is 27.9 Å². The monoisotopic (exact) mass is 613 g/mol. The molecule has 1 aliphatic carbocycles. The van der Waals surface area contributed by atoms with Gasteiger partial charge in [0.25, 0.3) is 5.91 Å². The molecule has 1 aliphatic heterocycles. The van der Waals surface area contributed by atoms with Gasteiger partial charge in [0.15, 0.2) is 0 Å². The fourth-order valence-corrected chi connectivity index (χ4v) is 7.90. The quantitative estimate of drug-likeness (QED) is 0.311. The lowest BCUT2D eigenvalue weighted by molar-refractivity contribution is -0.139. The first-order valence-electron chi connectivity index (χ1n) is 14.7. The van der Waals surface area contributed by atoms with Crippen LogP contribution in [0.2, 0.25) is 0 Å². The summed E-state index contributed by atoms with van der Waals surface area (Å²) in [6.07, 6.45) is 6.70. The summed E-state index contributed by atoms with van der Waals surface area (Å²) in [6.45, 7) is 4.29. The second-order valence-corrected chi connectivity index (χ2v) is 15.0. The van der Waals surface area contributed by atoms with E-state index in [1.54, 1.807) is 24.2 Å². The number of piperidine rings is 1. The molecule has 3 heterocycles. The Bertz CT molecular complexity index is 1510. The number of fused-ring (bicyclic) bond motifs is 1. The lowest BCUT2D eigenvalue weighted by Gasteiger charge is -2.32. The topological polar surface area (TPSA) is 126 Å². The van der Waals surface area contributed by atoms with Crippen molar-refractivity contribution in [2.45, 2.75) is 82.6 Å².